The van der Waals surface area contributed by atoms with Crippen LogP contribution in [-0.2, 0) is 16.1 Å². The lowest BCUT2D eigenvalue weighted by Crippen LogP contribution is -2.54. The van der Waals surface area contributed by atoms with Crippen LogP contribution in [0.25, 0.3) is 0 Å². The zero-order chi connectivity index (χ0) is 25.4. The Hall–Kier alpha value is -4.34. The average molecular weight is 489 g/mol. The molecule has 5 rings (SSSR count). The fraction of sp³-hybridized carbons (Fsp3) is 0.308. The van der Waals surface area contributed by atoms with Gasteiger partial charge in [0.2, 0.25) is 11.8 Å². The lowest BCUT2D eigenvalue weighted by Gasteiger charge is -2.27. The summed E-state index contributed by atoms with van der Waals surface area (Å²) < 4.78 is 0. The van der Waals surface area contributed by atoms with Crippen molar-refractivity contribution in [3.05, 3.63) is 64.7 Å². The number of nitrogens with zero attached hydrogens (tertiary/aromatic N) is 1. The fourth-order valence-corrected chi connectivity index (χ4v) is 4.61. The number of piperidine rings is 1. The third-order valence-corrected chi connectivity index (χ3v) is 6.86. The largest absolute Gasteiger partial charge is 0.334 e. The summed E-state index contributed by atoms with van der Waals surface area (Å²) in [4.78, 5) is 74.8. The molecular formula is C26H24N4O6. The number of anilines is 1. The van der Waals surface area contributed by atoms with E-state index in [0.717, 1.165) is 24.2 Å². The molecule has 2 fully saturated rings. The molecule has 0 bridgehead atoms. The topological polar surface area (TPSA) is 142 Å². The van der Waals surface area contributed by atoms with Crippen LogP contribution in [0.5, 0.6) is 0 Å². The van der Waals surface area contributed by atoms with Crippen molar-refractivity contribution in [3.63, 3.8) is 0 Å². The molecule has 1 saturated heterocycles. The fourth-order valence-electron chi connectivity index (χ4n) is 4.61. The number of carbonyl (C=O) groups excluding carboxylic acids is 6. The first-order valence-corrected chi connectivity index (χ1v) is 11.9. The van der Waals surface area contributed by atoms with Gasteiger partial charge in [-0.3, -0.25) is 34.2 Å². The quantitative estimate of drug-likeness (QED) is 0.421. The lowest BCUT2D eigenvalue weighted by atomic mass is 9.80. The molecule has 10 heteroatoms. The van der Waals surface area contributed by atoms with Gasteiger partial charge in [-0.05, 0) is 61.2 Å². The number of fused-ring (bicyclic) bond motifs is 1. The monoisotopic (exact) mass is 488 g/mol. The highest BCUT2D eigenvalue weighted by Crippen LogP contribution is 2.30. The Balaban J connectivity index is 1.19. The lowest BCUT2D eigenvalue weighted by molar-refractivity contribution is -0.136. The van der Waals surface area contributed by atoms with E-state index in [-0.39, 0.29) is 42.2 Å². The van der Waals surface area contributed by atoms with Crippen molar-refractivity contribution in [3.8, 4) is 0 Å². The van der Waals surface area contributed by atoms with Crippen LogP contribution >= 0.6 is 0 Å². The van der Waals surface area contributed by atoms with Crippen LogP contribution in [0.4, 0.5) is 10.5 Å². The molecule has 1 saturated carbocycles. The van der Waals surface area contributed by atoms with E-state index < -0.39 is 35.7 Å². The second-order valence-electron chi connectivity index (χ2n) is 9.20. The van der Waals surface area contributed by atoms with E-state index in [4.69, 9.17) is 0 Å². The van der Waals surface area contributed by atoms with Gasteiger partial charge in [0.1, 0.15) is 6.04 Å². The predicted molar refractivity (Wildman–Crippen MR) is 127 cm³/mol. The van der Waals surface area contributed by atoms with Crippen molar-refractivity contribution < 1.29 is 28.8 Å². The third kappa shape index (κ3) is 4.37. The average Bonchev–Trinajstić information content (AvgIpc) is 3.07. The predicted octanol–water partition coefficient (Wildman–Crippen LogP) is 2.39. The minimum absolute atomic E-state index is 0.0493. The SMILES string of the molecule is O=C1CCC(N2C(=O)c3ccc(CNC(=O)Nc4ccc(C(=O)C5CCC5)cc4)cc3C2=O)C(=O)N1. The Morgan fingerprint density at radius 2 is 1.64 bits per heavy atom. The van der Waals surface area contributed by atoms with E-state index in [1.165, 1.54) is 12.1 Å². The van der Waals surface area contributed by atoms with Crippen LogP contribution in [-0.4, -0.2) is 46.4 Å². The molecule has 2 heterocycles. The van der Waals surface area contributed by atoms with Gasteiger partial charge in [-0.15, -0.1) is 0 Å². The minimum Gasteiger partial charge on any atom is -0.334 e. The standard InChI is InChI=1S/C26H24N4O6/c31-21-11-10-20(23(33)29-21)30-24(34)18-9-4-14(12-19(18)25(30)35)13-27-26(36)28-17-7-5-16(6-8-17)22(32)15-2-1-3-15/h4-9,12,15,20H,1-3,10-11,13H2,(H2,27,28,36)(H,29,31,33). The van der Waals surface area contributed by atoms with E-state index in [1.54, 1.807) is 30.3 Å². The highest BCUT2D eigenvalue weighted by atomic mass is 16.2. The number of amides is 6. The molecule has 3 aliphatic rings. The molecule has 3 N–H and O–H groups in total. The van der Waals surface area contributed by atoms with Gasteiger partial charge >= 0.3 is 6.03 Å². The van der Waals surface area contributed by atoms with Crippen LogP contribution in [0.1, 0.15) is 68.7 Å². The van der Waals surface area contributed by atoms with Crippen molar-refractivity contribution in [2.75, 3.05) is 5.32 Å². The Kier molecular flexibility index (Phi) is 6.09. The molecule has 0 aromatic heterocycles. The van der Waals surface area contributed by atoms with E-state index in [2.05, 4.69) is 16.0 Å². The number of imide groups is 2. The highest BCUT2D eigenvalue weighted by molar-refractivity contribution is 6.23. The second kappa shape index (κ2) is 9.37. The molecule has 1 aliphatic carbocycles. The van der Waals surface area contributed by atoms with E-state index >= 15 is 0 Å². The van der Waals surface area contributed by atoms with Gasteiger partial charge in [-0.25, -0.2) is 4.79 Å². The molecule has 0 radical (unpaired) electrons. The number of nitrogens with one attached hydrogen (secondary N) is 3. The first-order valence-electron chi connectivity index (χ1n) is 11.9. The van der Waals surface area contributed by atoms with Crippen molar-refractivity contribution in [2.24, 2.45) is 5.92 Å². The molecule has 2 aliphatic heterocycles. The molecule has 2 aromatic carbocycles. The summed E-state index contributed by atoms with van der Waals surface area (Å²) in [5.41, 5.74) is 2.09. The van der Waals surface area contributed by atoms with Crippen molar-refractivity contribution in [1.82, 2.24) is 15.5 Å². The minimum atomic E-state index is -1.03. The zero-order valence-electron chi connectivity index (χ0n) is 19.3. The van der Waals surface area contributed by atoms with Gasteiger partial charge in [0.25, 0.3) is 11.8 Å². The highest BCUT2D eigenvalue weighted by Gasteiger charge is 2.44. The number of benzene rings is 2. The van der Waals surface area contributed by atoms with E-state index in [9.17, 15) is 28.8 Å². The van der Waals surface area contributed by atoms with Crippen LogP contribution < -0.4 is 16.0 Å². The number of carbonyl (C=O) groups is 6. The van der Waals surface area contributed by atoms with Gasteiger partial charge < -0.3 is 10.6 Å². The number of rotatable bonds is 6. The summed E-state index contributed by atoms with van der Waals surface area (Å²) in [5, 5.41) is 7.56. The second-order valence-corrected chi connectivity index (χ2v) is 9.20. The summed E-state index contributed by atoms with van der Waals surface area (Å²) >= 11 is 0. The molecule has 1 atom stereocenters. The molecule has 2 aromatic rings. The molecule has 0 spiro atoms. The first-order chi connectivity index (χ1) is 17.3. The van der Waals surface area contributed by atoms with Gasteiger partial charge in [0.05, 0.1) is 11.1 Å². The number of ketones is 1. The summed E-state index contributed by atoms with van der Waals surface area (Å²) in [6.07, 6.45) is 3.08. The Morgan fingerprint density at radius 1 is 0.917 bits per heavy atom. The molecule has 1 unspecified atom stereocenters. The normalized spacial score (nSPS) is 19.4. The Bertz CT molecular complexity index is 1300. The smallest absolute Gasteiger partial charge is 0.319 e. The van der Waals surface area contributed by atoms with Crippen LogP contribution in [0.3, 0.4) is 0 Å². The summed E-state index contributed by atoms with van der Waals surface area (Å²) in [7, 11) is 0. The summed E-state index contributed by atoms with van der Waals surface area (Å²) in [5.74, 6) is -2.04. The maximum absolute atomic E-state index is 12.9. The van der Waals surface area contributed by atoms with Crippen LogP contribution in [0, 0.1) is 5.92 Å². The Morgan fingerprint density at radius 3 is 2.31 bits per heavy atom. The van der Waals surface area contributed by atoms with Gasteiger partial charge in [0.15, 0.2) is 5.78 Å². The van der Waals surface area contributed by atoms with Gasteiger partial charge in [-0.1, -0.05) is 12.5 Å². The maximum atomic E-state index is 12.9. The number of hydrogen-bond acceptors (Lipinski definition) is 6. The molecule has 6 amide bonds. The van der Waals surface area contributed by atoms with Crippen LogP contribution in [0.2, 0.25) is 0 Å². The van der Waals surface area contributed by atoms with E-state index in [1.807, 2.05) is 0 Å². The third-order valence-electron chi connectivity index (χ3n) is 6.86. The molecule has 184 valence electrons. The van der Waals surface area contributed by atoms with Gasteiger partial charge in [0, 0.05) is 30.1 Å². The zero-order valence-corrected chi connectivity index (χ0v) is 19.3. The number of urea groups is 1. The molecular weight excluding hydrogens is 464 g/mol. The summed E-state index contributed by atoms with van der Waals surface area (Å²) in [6.45, 7) is 0.0945. The van der Waals surface area contributed by atoms with E-state index in [0.29, 0.717) is 16.8 Å². The Labute approximate surface area is 206 Å². The van der Waals surface area contributed by atoms with Crippen molar-refractivity contribution in [2.45, 2.75) is 44.7 Å². The number of hydrogen-bond donors (Lipinski definition) is 3. The van der Waals surface area contributed by atoms with Crippen LogP contribution in [0.15, 0.2) is 42.5 Å². The summed E-state index contributed by atoms with van der Waals surface area (Å²) in [6, 6.07) is 9.89. The molecule has 36 heavy (non-hydrogen) atoms. The first kappa shape index (κ1) is 23.4. The molecule has 10 nitrogen and oxygen atoms in total. The number of Topliss-reactive ketones (excluding diaryl/α,β-unsaturated/α-hetero) is 1. The maximum Gasteiger partial charge on any atom is 0.319 e. The van der Waals surface area contributed by atoms with Crippen molar-refractivity contribution >= 4 is 41.1 Å². The van der Waals surface area contributed by atoms with Crippen molar-refractivity contribution in [1.29, 1.82) is 0 Å². The van der Waals surface area contributed by atoms with Gasteiger partial charge in [-0.2, -0.15) is 0 Å².